The number of rotatable bonds is 6. The zero-order valence-electron chi connectivity index (χ0n) is 27.0. The zero-order valence-corrected chi connectivity index (χ0v) is 27.0. The second kappa shape index (κ2) is 13.4. The molecule has 1 fully saturated rings. The van der Waals surface area contributed by atoms with Gasteiger partial charge in [-0.25, -0.2) is 0 Å². The van der Waals surface area contributed by atoms with E-state index in [4.69, 9.17) is 18.9 Å². The first kappa shape index (κ1) is 35.2. The van der Waals surface area contributed by atoms with Crippen LogP contribution in [0.5, 0.6) is 51.7 Å². The molecular formula is C36H36O16. The highest BCUT2D eigenvalue weighted by molar-refractivity contribution is 5.63. The molecule has 3 aliphatic rings. The van der Waals surface area contributed by atoms with Gasteiger partial charge in [-0.2, -0.15) is 0 Å². The van der Waals surface area contributed by atoms with Gasteiger partial charge in [0.1, 0.15) is 65.4 Å². The third kappa shape index (κ3) is 5.99. The molecule has 0 radical (unpaired) electrons. The Balaban J connectivity index is 1.35. The van der Waals surface area contributed by atoms with Gasteiger partial charge in [0.2, 0.25) is 0 Å². The number of aliphatic hydroxyl groups is 5. The molecule has 1 saturated heterocycles. The van der Waals surface area contributed by atoms with Crippen molar-refractivity contribution in [2.24, 2.45) is 0 Å². The van der Waals surface area contributed by atoms with E-state index in [1.54, 1.807) is 0 Å². The van der Waals surface area contributed by atoms with Crippen LogP contribution in [0.1, 0.15) is 45.9 Å². The number of aromatic hydroxyl groups is 7. The summed E-state index contributed by atoms with van der Waals surface area (Å²) in [5.74, 6) is -4.60. The summed E-state index contributed by atoms with van der Waals surface area (Å²) >= 11 is 0. The summed E-state index contributed by atoms with van der Waals surface area (Å²) in [6.45, 7) is -0.711. The Hall–Kier alpha value is -5.20. The van der Waals surface area contributed by atoms with Gasteiger partial charge >= 0.3 is 0 Å². The first-order valence-electron chi connectivity index (χ1n) is 16.2. The Labute approximate surface area is 294 Å². The molecule has 16 heteroatoms. The van der Waals surface area contributed by atoms with E-state index in [0.717, 1.165) is 6.07 Å². The minimum atomic E-state index is -1.77. The summed E-state index contributed by atoms with van der Waals surface area (Å²) < 4.78 is 24.3. The first-order valence-corrected chi connectivity index (χ1v) is 16.2. The highest BCUT2D eigenvalue weighted by Gasteiger charge is 2.49. The van der Waals surface area contributed by atoms with E-state index in [9.17, 15) is 61.3 Å². The first-order chi connectivity index (χ1) is 24.8. The minimum absolute atomic E-state index is 0.00268. The molecule has 7 rings (SSSR count). The van der Waals surface area contributed by atoms with Crippen LogP contribution in [0.25, 0.3) is 0 Å². The standard InChI is InChI=1S/C36H36O16/c37-12-25-29(45)31(47)32(48)36(51-25)50-24-9-15-3-6-19(41)27(34(15)52-33(24)13-1-4-17(39)20(42)7-13)28-26-22(44)10-16(38)11-23(26)49-35(30(28)46)14-2-5-18(40)21(43)8-14/h1-8,10-11,24-25,28-33,35-48H,9,12H2/t24-,25+,28+,29-,30+,31+,32-,33+,35-,36+/m1/s1. The lowest BCUT2D eigenvalue weighted by molar-refractivity contribution is -0.317. The van der Waals surface area contributed by atoms with Crippen molar-refractivity contribution in [2.75, 3.05) is 6.61 Å². The average Bonchev–Trinajstić information content (AvgIpc) is 3.11. The van der Waals surface area contributed by atoms with Crippen molar-refractivity contribution in [3.8, 4) is 51.7 Å². The largest absolute Gasteiger partial charge is 0.508 e. The molecule has 4 aromatic rings. The van der Waals surface area contributed by atoms with E-state index < -0.39 is 102 Å². The Morgan fingerprint density at radius 2 is 1.23 bits per heavy atom. The molecule has 0 spiro atoms. The van der Waals surface area contributed by atoms with Gasteiger partial charge in [-0.1, -0.05) is 18.2 Å². The number of benzene rings is 4. The topological polar surface area (TPSA) is 280 Å². The zero-order chi connectivity index (χ0) is 37.2. The molecule has 0 saturated carbocycles. The number of phenols is 7. The Kier molecular flexibility index (Phi) is 9.08. The van der Waals surface area contributed by atoms with Crippen molar-refractivity contribution in [1.82, 2.24) is 0 Å². The molecular weight excluding hydrogens is 688 g/mol. The van der Waals surface area contributed by atoms with Crippen molar-refractivity contribution in [3.05, 3.63) is 88.5 Å². The Morgan fingerprint density at radius 1 is 0.596 bits per heavy atom. The maximum Gasteiger partial charge on any atom is 0.187 e. The second-order valence-corrected chi connectivity index (χ2v) is 13.0. The van der Waals surface area contributed by atoms with E-state index in [2.05, 4.69) is 0 Å². The molecule has 0 bridgehead atoms. The van der Waals surface area contributed by atoms with E-state index in [-0.39, 0.29) is 45.9 Å². The molecule has 52 heavy (non-hydrogen) atoms. The molecule has 4 aromatic carbocycles. The van der Waals surface area contributed by atoms with Gasteiger partial charge in [-0.15, -0.1) is 0 Å². The van der Waals surface area contributed by atoms with E-state index in [1.165, 1.54) is 54.6 Å². The van der Waals surface area contributed by atoms with Crippen molar-refractivity contribution < 1.29 is 80.2 Å². The van der Waals surface area contributed by atoms with E-state index >= 15 is 0 Å². The van der Waals surface area contributed by atoms with Gasteiger partial charge in [-0.05, 0) is 47.0 Å². The molecule has 0 aliphatic carbocycles. The van der Waals surface area contributed by atoms with Crippen molar-refractivity contribution in [3.63, 3.8) is 0 Å². The predicted octanol–water partition coefficient (Wildman–Crippen LogP) is 1.11. The van der Waals surface area contributed by atoms with Gasteiger partial charge in [0.25, 0.3) is 0 Å². The number of aliphatic hydroxyl groups excluding tert-OH is 5. The predicted molar refractivity (Wildman–Crippen MR) is 174 cm³/mol. The Morgan fingerprint density at radius 3 is 1.87 bits per heavy atom. The average molecular weight is 725 g/mol. The minimum Gasteiger partial charge on any atom is -0.508 e. The molecule has 0 amide bonds. The van der Waals surface area contributed by atoms with Gasteiger partial charge in [-0.3, -0.25) is 0 Å². The fraction of sp³-hybridized carbons (Fsp3) is 0.333. The van der Waals surface area contributed by atoms with Crippen LogP contribution >= 0.6 is 0 Å². The molecule has 3 heterocycles. The number of hydrogen-bond donors (Lipinski definition) is 12. The summed E-state index contributed by atoms with van der Waals surface area (Å²) in [4.78, 5) is 0. The highest BCUT2D eigenvalue weighted by atomic mass is 16.7. The lowest BCUT2D eigenvalue weighted by Gasteiger charge is -2.44. The van der Waals surface area contributed by atoms with Crippen LogP contribution in [0.3, 0.4) is 0 Å². The lowest BCUT2D eigenvalue weighted by atomic mass is 9.77. The molecule has 16 nitrogen and oxygen atoms in total. The summed E-state index contributed by atoms with van der Waals surface area (Å²) in [6, 6.07) is 12.6. The van der Waals surface area contributed by atoms with Crippen LogP contribution in [0, 0.1) is 0 Å². The molecule has 0 aromatic heterocycles. The number of phenolic OH excluding ortho intramolecular Hbond substituents is 7. The fourth-order valence-electron chi connectivity index (χ4n) is 7.09. The van der Waals surface area contributed by atoms with Crippen LogP contribution in [0.2, 0.25) is 0 Å². The van der Waals surface area contributed by atoms with Crippen molar-refractivity contribution in [1.29, 1.82) is 0 Å². The highest BCUT2D eigenvalue weighted by Crippen LogP contribution is 2.56. The van der Waals surface area contributed by atoms with Crippen LogP contribution in [-0.4, -0.2) is 111 Å². The van der Waals surface area contributed by atoms with Crippen LogP contribution in [0.4, 0.5) is 0 Å². The maximum atomic E-state index is 12.0. The second-order valence-electron chi connectivity index (χ2n) is 13.0. The van der Waals surface area contributed by atoms with E-state index in [0.29, 0.717) is 5.56 Å². The number of ether oxygens (including phenoxy) is 4. The number of fused-ring (bicyclic) bond motifs is 2. The lowest BCUT2D eigenvalue weighted by Crippen LogP contribution is -2.60. The monoisotopic (exact) mass is 724 g/mol. The van der Waals surface area contributed by atoms with Gasteiger partial charge < -0.3 is 80.2 Å². The van der Waals surface area contributed by atoms with Crippen molar-refractivity contribution >= 4 is 0 Å². The fourth-order valence-corrected chi connectivity index (χ4v) is 7.09. The SMILES string of the molecule is OC[C@@H]1O[C@H](O[C@@H]2Cc3ccc(O)c([C@@H]4c5c(O)cc(O)cc5O[C@H](c5ccc(O)c(O)c5)[C@H]4O)c3O[C@H]2c2ccc(O)c(O)c2)[C@H](O)[C@@H](O)[C@@H]1O. The molecule has 3 aliphatic heterocycles. The van der Waals surface area contributed by atoms with Gasteiger partial charge in [0.05, 0.1) is 12.5 Å². The Bertz CT molecular complexity index is 1980. The van der Waals surface area contributed by atoms with Gasteiger partial charge in [0, 0.05) is 29.7 Å². The summed E-state index contributed by atoms with van der Waals surface area (Å²) in [6.07, 6.45) is -13.3. The quantitative estimate of drug-likeness (QED) is 0.124. The third-order valence-electron chi connectivity index (χ3n) is 9.70. The van der Waals surface area contributed by atoms with Crippen LogP contribution in [0.15, 0.2) is 60.7 Å². The molecule has 10 atom stereocenters. The molecule has 12 N–H and O–H groups in total. The van der Waals surface area contributed by atoms with E-state index in [1.807, 2.05) is 0 Å². The smallest absolute Gasteiger partial charge is 0.187 e. The van der Waals surface area contributed by atoms with Gasteiger partial charge in [0.15, 0.2) is 41.5 Å². The van der Waals surface area contributed by atoms with Crippen molar-refractivity contribution in [2.45, 2.75) is 67.5 Å². The summed E-state index contributed by atoms with van der Waals surface area (Å²) in [5.41, 5.74) is 0.720. The normalized spacial score (nSPS) is 29.7. The summed E-state index contributed by atoms with van der Waals surface area (Å²) in [7, 11) is 0. The molecule has 0 unspecified atom stereocenters. The van der Waals surface area contributed by atoms with Crippen LogP contribution < -0.4 is 9.47 Å². The number of hydrogen-bond acceptors (Lipinski definition) is 16. The third-order valence-corrected chi connectivity index (χ3v) is 9.70. The summed E-state index contributed by atoms with van der Waals surface area (Å²) in [5, 5.41) is 127. The van der Waals surface area contributed by atoms with Crippen LogP contribution in [-0.2, 0) is 15.9 Å². The molecule has 276 valence electrons. The maximum absolute atomic E-state index is 12.0.